The first-order valence-electron chi connectivity index (χ1n) is 2.49. The highest BCUT2D eigenvalue weighted by Gasteiger charge is 2.03. The van der Waals surface area contributed by atoms with Gasteiger partial charge in [0.15, 0.2) is 0 Å². The van der Waals surface area contributed by atoms with Crippen molar-refractivity contribution < 1.29 is 5.11 Å². The molecule has 1 rings (SSSR count). The SMILES string of the molecule is CC(O)c1ncc(I)s1. The Bertz CT molecular complexity index is 199. The van der Waals surface area contributed by atoms with Crippen molar-refractivity contribution in [1.29, 1.82) is 0 Å². The minimum absolute atomic E-state index is 0.418. The standard InChI is InChI=1S/C5H6INOS/c1-3(8)5-7-2-4(6)9-5/h2-3,8H,1H3. The summed E-state index contributed by atoms with van der Waals surface area (Å²) in [5.74, 6) is 0. The fraction of sp³-hybridized carbons (Fsp3) is 0.400. The predicted molar refractivity (Wildman–Crippen MR) is 45.5 cm³/mol. The van der Waals surface area contributed by atoms with E-state index in [1.807, 2.05) is 0 Å². The first-order valence-corrected chi connectivity index (χ1v) is 4.39. The molecule has 0 aromatic carbocycles. The summed E-state index contributed by atoms with van der Waals surface area (Å²) < 4.78 is 1.11. The molecule has 9 heavy (non-hydrogen) atoms. The van der Waals surface area contributed by atoms with Crippen LogP contribution in [0.4, 0.5) is 0 Å². The van der Waals surface area contributed by atoms with Crippen LogP contribution >= 0.6 is 33.9 Å². The van der Waals surface area contributed by atoms with Crippen LogP contribution < -0.4 is 0 Å². The zero-order chi connectivity index (χ0) is 6.85. The second kappa shape index (κ2) is 2.94. The molecule has 0 aliphatic rings. The van der Waals surface area contributed by atoms with Gasteiger partial charge in [-0.15, -0.1) is 11.3 Å². The highest BCUT2D eigenvalue weighted by molar-refractivity contribution is 14.1. The average Bonchev–Trinajstić information content (AvgIpc) is 2.14. The molecular formula is C5H6INOS. The maximum absolute atomic E-state index is 8.98. The molecule has 1 N–H and O–H groups in total. The summed E-state index contributed by atoms with van der Waals surface area (Å²) in [6.07, 6.45) is 1.34. The Morgan fingerprint density at radius 1 is 1.89 bits per heavy atom. The van der Waals surface area contributed by atoms with Gasteiger partial charge < -0.3 is 5.11 Å². The smallest absolute Gasteiger partial charge is 0.122 e. The Balaban J connectivity index is 2.85. The van der Waals surface area contributed by atoms with E-state index in [0.29, 0.717) is 0 Å². The maximum atomic E-state index is 8.98. The van der Waals surface area contributed by atoms with Crippen LogP contribution in [0.15, 0.2) is 6.20 Å². The highest BCUT2D eigenvalue weighted by atomic mass is 127. The molecule has 50 valence electrons. The molecule has 1 aromatic rings. The van der Waals surface area contributed by atoms with Crippen LogP contribution in [-0.4, -0.2) is 10.1 Å². The topological polar surface area (TPSA) is 33.1 Å². The molecule has 0 aliphatic heterocycles. The van der Waals surface area contributed by atoms with Gasteiger partial charge >= 0.3 is 0 Å². The summed E-state index contributed by atoms with van der Waals surface area (Å²) in [7, 11) is 0. The Hall–Kier alpha value is 0.320. The lowest BCUT2D eigenvalue weighted by atomic mass is 10.4. The van der Waals surface area contributed by atoms with Gasteiger partial charge in [-0.05, 0) is 29.5 Å². The Morgan fingerprint density at radius 2 is 2.56 bits per heavy atom. The number of nitrogens with zero attached hydrogens (tertiary/aromatic N) is 1. The zero-order valence-corrected chi connectivity index (χ0v) is 7.81. The molecule has 0 saturated heterocycles. The molecule has 0 saturated carbocycles. The van der Waals surface area contributed by atoms with Crippen LogP contribution in [0.5, 0.6) is 0 Å². The number of hydrogen-bond acceptors (Lipinski definition) is 3. The van der Waals surface area contributed by atoms with Gasteiger partial charge in [0.25, 0.3) is 0 Å². The number of thiazole rings is 1. The molecule has 2 nitrogen and oxygen atoms in total. The second-order valence-electron chi connectivity index (χ2n) is 1.68. The van der Waals surface area contributed by atoms with Crippen molar-refractivity contribution in [1.82, 2.24) is 4.98 Å². The summed E-state index contributed by atoms with van der Waals surface area (Å²) in [4.78, 5) is 3.98. The lowest BCUT2D eigenvalue weighted by Crippen LogP contribution is -1.86. The molecule has 1 heterocycles. The molecule has 0 amide bonds. The van der Waals surface area contributed by atoms with Gasteiger partial charge in [0.1, 0.15) is 11.1 Å². The van der Waals surface area contributed by atoms with Gasteiger partial charge in [-0.2, -0.15) is 0 Å². The maximum Gasteiger partial charge on any atom is 0.122 e. The fourth-order valence-corrected chi connectivity index (χ4v) is 1.86. The Morgan fingerprint density at radius 3 is 2.78 bits per heavy atom. The van der Waals surface area contributed by atoms with E-state index in [-0.39, 0.29) is 0 Å². The number of hydrogen-bond donors (Lipinski definition) is 1. The number of halogens is 1. The molecule has 0 radical (unpaired) electrons. The summed E-state index contributed by atoms with van der Waals surface area (Å²) in [5.41, 5.74) is 0. The first-order chi connectivity index (χ1) is 4.20. The highest BCUT2D eigenvalue weighted by Crippen LogP contribution is 2.20. The lowest BCUT2D eigenvalue weighted by molar-refractivity contribution is 0.199. The van der Waals surface area contributed by atoms with Crippen molar-refractivity contribution in [2.24, 2.45) is 0 Å². The van der Waals surface area contributed by atoms with Crippen molar-refractivity contribution >= 4 is 33.9 Å². The van der Waals surface area contributed by atoms with E-state index in [0.717, 1.165) is 7.89 Å². The molecule has 4 heteroatoms. The van der Waals surface area contributed by atoms with Gasteiger partial charge in [-0.3, -0.25) is 0 Å². The summed E-state index contributed by atoms with van der Waals surface area (Å²) in [5, 5.41) is 9.77. The van der Waals surface area contributed by atoms with Gasteiger partial charge in [0, 0.05) is 0 Å². The molecule has 1 unspecified atom stereocenters. The van der Waals surface area contributed by atoms with E-state index in [1.54, 1.807) is 13.1 Å². The minimum atomic E-state index is -0.418. The molecule has 1 aromatic heterocycles. The third kappa shape index (κ3) is 1.87. The largest absolute Gasteiger partial charge is 0.386 e. The van der Waals surface area contributed by atoms with Crippen LogP contribution in [0, 0.1) is 2.88 Å². The van der Waals surface area contributed by atoms with E-state index in [9.17, 15) is 0 Å². The summed E-state index contributed by atoms with van der Waals surface area (Å²) in [6.45, 7) is 1.72. The summed E-state index contributed by atoms with van der Waals surface area (Å²) in [6, 6.07) is 0. The molecule has 0 spiro atoms. The Labute approximate surface area is 71.1 Å². The molecule has 0 bridgehead atoms. The summed E-state index contributed by atoms with van der Waals surface area (Å²) >= 11 is 3.70. The van der Waals surface area contributed by atoms with Crippen LogP contribution in [0.2, 0.25) is 0 Å². The van der Waals surface area contributed by atoms with Gasteiger partial charge in [0.05, 0.1) is 9.08 Å². The Kier molecular flexibility index (Phi) is 2.42. The predicted octanol–water partition coefficient (Wildman–Crippen LogP) is 1.80. The quantitative estimate of drug-likeness (QED) is 0.776. The van der Waals surface area contributed by atoms with Crippen molar-refractivity contribution in [3.05, 3.63) is 14.1 Å². The minimum Gasteiger partial charge on any atom is -0.386 e. The third-order valence-corrected chi connectivity index (χ3v) is 2.75. The molecular weight excluding hydrogens is 249 g/mol. The van der Waals surface area contributed by atoms with E-state index < -0.39 is 6.10 Å². The van der Waals surface area contributed by atoms with E-state index in [4.69, 9.17) is 5.11 Å². The van der Waals surface area contributed by atoms with Crippen LogP contribution in [0.3, 0.4) is 0 Å². The fourth-order valence-electron chi connectivity index (χ4n) is 0.460. The second-order valence-corrected chi connectivity index (χ2v) is 4.63. The van der Waals surface area contributed by atoms with E-state index in [1.165, 1.54) is 11.3 Å². The number of aliphatic hydroxyl groups is 1. The third-order valence-electron chi connectivity index (χ3n) is 0.853. The van der Waals surface area contributed by atoms with Gasteiger partial charge in [-0.25, -0.2) is 4.98 Å². The van der Waals surface area contributed by atoms with E-state index in [2.05, 4.69) is 27.6 Å². The van der Waals surface area contributed by atoms with Crippen molar-refractivity contribution in [2.75, 3.05) is 0 Å². The van der Waals surface area contributed by atoms with Gasteiger partial charge in [0.2, 0.25) is 0 Å². The molecule has 0 fully saturated rings. The average molecular weight is 255 g/mol. The number of aliphatic hydroxyl groups excluding tert-OH is 1. The van der Waals surface area contributed by atoms with Crippen molar-refractivity contribution in [3.8, 4) is 0 Å². The first kappa shape index (κ1) is 7.43. The van der Waals surface area contributed by atoms with Crippen LogP contribution in [0.1, 0.15) is 18.0 Å². The number of aromatic nitrogens is 1. The molecule has 0 aliphatic carbocycles. The normalized spacial score (nSPS) is 13.7. The number of rotatable bonds is 1. The zero-order valence-electron chi connectivity index (χ0n) is 4.84. The van der Waals surface area contributed by atoms with E-state index >= 15 is 0 Å². The van der Waals surface area contributed by atoms with Gasteiger partial charge in [-0.1, -0.05) is 0 Å². The molecule has 1 atom stereocenters. The lowest BCUT2D eigenvalue weighted by Gasteiger charge is -1.93. The monoisotopic (exact) mass is 255 g/mol. The van der Waals surface area contributed by atoms with Crippen molar-refractivity contribution in [3.63, 3.8) is 0 Å². The van der Waals surface area contributed by atoms with Crippen LogP contribution in [0.25, 0.3) is 0 Å². The van der Waals surface area contributed by atoms with Crippen molar-refractivity contribution in [2.45, 2.75) is 13.0 Å². The van der Waals surface area contributed by atoms with Crippen LogP contribution in [-0.2, 0) is 0 Å².